The van der Waals surface area contributed by atoms with Crippen LogP contribution in [0.15, 0.2) is 48.8 Å². The van der Waals surface area contributed by atoms with Crippen molar-refractivity contribution in [2.75, 3.05) is 0 Å². The highest BCUT2D eigenvalue weighted by Crippen LogP contribution is 2.30. The number of ketones is 1. The highest BCUT2D eigenvalue weighted by atomic mass is 16.3. The molecule has 0 saturated carbocycles. The van der Waals surface area contributed by atoms with E-state index in [1.54, 1.807) is 43.3 Å². The van der Waals surface area contributed by atoms with Gasteiger partial charge in [0.1, 0.15) is 0 Å². The monoisotopic (exact) mass is 318 g/mol. The molecule has 0 amide bonds. The summed E-state index contributed by atoms with van der Waals surface area (Å²) in [5.41, 5.74) is 2.36. The summed E-state index contributed by atoms with van der Waals surface area (Å²) in [7, 11) is 0. The molecular formula is C18H14N4O2. The number of rotatable bonds is 4. The number of Topliss-reactive ketones (excluding diaryl/α,β-unsaturated/α-hetero) is 1. The van der Waals surface area contributed by atoms with Crippen LogP contribution in [0.4, 0.5) is 0 Å². The molecule has 0 atom stereocenters. The first-order valence-electron chi connectivity index (χ1n) is 7.41. The summed E-state index contributed by atoms with van der Waals surface area (Å²) < 4.78 is 1.30. The minimum Gasteiger partial charge on any atom is -0.493 e. The molecule has 3 rings (SSSR count). The van der Waals surface area contributed by atoms with Gasteiger partial charge in [-0.05, 0) is 29.8 Å². The van der Waals surface area contributed by atoms with Crippen molar-refractivity contribution in [2.24, 2.45) is 0 Å². The molecule has 24 heavy (non-hydrogen) atoms. The van der Waals surface area contributed by atoms with Crippen molar-refractivity contribution in [1.82, 2.24) is 14.8 Å². The van der Waals surface area contributed by atoms with E-state index >= 15 is 0 Å². The van der Waals surface area contributed by atoms with Crippen molar-refractivity contribution < 1.29 is 9.90 Å². The number of nitrogens with zero attached hydrogens (tertiary/aromatic N) is 4. The van der Waals surface area contributed by atoms with Crippen molar-refractivity contribution in [3.05, 3.63) is 59.9 Å². The molecule has 0 bridgehead atoms. The Balaban J connectivity index is 1.94. The fourth-order valence-electron chi connectivity index (χ4n) is 2.32. The van der Waals surface area contributed by atoms with Gasteiger partial charge < -0.3 is 5.11 Å². The molecule has 1 aromatic carbocycles. The van der Waals surface area contributed by atoms with Gasteiger partial charge in [-0.25, -0.2) is 4.98 Å². The zero-order valence-electron chi connectivity index (χ0n) is 13.0. The van der Waals surface area contributed by atoms with Crippen molar-refractivity contribution in [3.63, 3.8) is 0 Å². The topological polar surface area (TPSA) is 91.8 Å². The smallest absolute Gasteiger partial charge is 0.223 e. The van der Waals surface area contributed by atoms with Crippen LogP contribution >= 0.6 is 0 Å². The minimum atomic E-state index is -0.0539. The summed E-state index contributed by atoms with van der Waals surface area (Å²) >= 11 is 0. The van der Waals surface area contributed by atoms with Crippen LogP contribution in [-0.4, -0.2) is 25.7 Å². The van der Waals surface area contributed by atoms with Crippen molar-refractivity contribution in [3.8, 4) is 28.9 Å². The van der Waals surface area contributed by atoms with E-state index in [9.17, 15) is 9.90 Å². The molecule has 0 spiro atoms. The van der Waals surface area contributed by atoms with Crippen LogP contribution in [0.2, 0.25) is 0 Å². The summed E-state index contributed by atoms with van der Waals surface area (Å²) in [6.07, 6.45) is 3.42. The molecule has 118 valence electrons. The second kappa shape index (κ2) is 6.34. The van der Waals surface area contributed by atoms with Gasteiger partial charge in [-0.15, -0.1) is 0 Å². The Hall–Kier alpha value is -3.46. The van der Waals surface area contributed by atoms with Gasteiger partial charge in [0.15, 0.2) is 11.6 Å². The molecule has 0 aliphatic rings. The van der Waals surface area contributed by atoms with Gasteiger partial charge in [-0.3, -0.25) is 4.79 Å². The molecule has 3 aromatic rings. The lowest BCUT2D eigenvalue weighted by Gasteiger charge is -2.04. The molecule has 6 nitrogen and oxygen atoms in total. The number of aromatic nitrogens is 3. The lowest BCUT2D eigenvalue weighted by molar-refractivity contribution is 0.0988. The van der Waals surface area contributed by atoms with E-state index in [-0.39, 0.29) is 11.7 Å². The van der Waals surface area contributed by atoms with Crippen molar-refractivity contribution in [1.29, 1.82) is 5.26 Å². The largest absolute Gasteiger partial charge is 0.493 e. The quantitative estimate of drug-likeness (QED) is 0.746. The third-order valence-electron chi connectivity index (χ3n) is 3.68. The van der Waals surface area contributed by atoms with Crippen molar-refractivity contribution in [2.45, 2.75) is 13.3 Å². The number of pyridine rings is 1. The summed E-state index contributed by atoms with van der Waals surface area (Å²) in [5.74, 6) is 0.374. The van der Waals surface area contributed by atoms with Gasteiger partial charge in [0, 0.05) is 18.2 Å². The van der Waals surface area contributed by atoms with Gasteiger partial charge >= 0.3 is 0 Å². The number of aromatic hydroxyl groups is 1. The third kappa shape index (κ3) is 2.75. The predicted octanol–water partition coefficient (Wildman–Crippen LogP) is 3.10. The number of nitriles is 1. The van der Waals surface area contributed by atoms with E-state index in [1.807, 2.05) is 6.07 Å². The lowest BCUT2D eigenvalue weighted by Crippen LogP contribution is -2.02. The standard InChI is InChI=1S/C18H14N4O2/c1-2-16(23)14-7-8-17(20-10-14)22-18(24)15(11-21-22)13-5-3-12(9-19)4-6-13/h3-8,10-11,24H,2H2,1H3. The first kappa shape index (κ1) is 15.4. The molecule has 6 heteroatoms. The molecule has 0 radical (unpaired) electrons. The molecule has 0 saturated heterocycles. The Morgan fingerprint density at radius 3 is 2.54 bits per heavy atom. The van der Waals surface area contributed by atoms with Crippen LogP contribution in [0.5, 0.6) is 5.88 Å². The van der Waals surface area contributed by atoms with Crippen LogP contribution in [0.3, 0.4) is 0 Å². The van der Waals surface area contributed by atoms with E-state index in [1.165, 1.54) is 17.1 Å². The summed E-state index contributed by atoms with van der Waals surface area (Å²) in [5, 5.41) is 23.4. The van der Waals surface area contributed by atoms with Crippen molar-refractivity contribution >= 4 is 5.78 Å². The van der Waals surface area contributed by atoms with E-state index in [4.69, 9.17) is 5.26 Å². The number of carbonyl (C=O) groups excluding carboxylic acids is 1. The fourth-order valence-corrected chi connectivity index (χ4v) is 2.32. The average molecular weight is 318 g/mol. The van der Waals surface area contributed by atoms with Gasteiger partial charge in [-0.2, -0.15) is 15.0 Å². The Morgan fingerprint density at radius 1 is 1.21 bits per heavy atom. The number of hydrogen-bond acceptors (Lipinski definition) is 5. The second-order valence-corrected chi connectivity index (χ2v) is 5.16. The maximum Gasteiger partial charge on any atom is 0.223 e. The summed E-state index contributed by atoms with van der Waals surface area (Å²) in [6.45, 7) is 1.79. The number of hydrogen-bond donors (Lipinski definition) is 1. The van der Waals surface area contributed by atoms with Gasteiger partial charge in [-0.1, -0.05) is 19.1 Å². The zero-order valence-corrected chi connectivity index (χ0v) is 13.0. The first-order chi connectivity index (χ1) is 11.6. The van der Waals surface area contributed by atoms with Gasteiger partial charge in [0.05, 0.1) is 23.4 Å². The SMILES string of the molecule is CCC(=O)c1ccc(-n2ncc(-c3ccc(C#N)cc3)c2O)nc1. The maximum absolute atomic E-state index is 11.6. The molecule has 2 aromatic heterocycles. The summed E-state index contributed by atoms with van der Waals surface area (Å²) in [6, 6.07) is 12.2. The molecule has 0 unspecified atom stereocenters. The van der Waals surface area contributed by atoms with Crippen LogP contribution in [0, 0.1) is 11.3 Å². The molecule has 0 aliphatic carbocycles. The lowest BCUT2D eigenvalue weighted by atomic mass is 10.1. The van der Waals surface area contributed by atoms with E-state index in [2.05, 4.69) is 10.1 Å². The molecule has 2 heterocycles. The molecule has 0 aliphatic heterocycles. The molecule has 0 fully saturated rings. The normalized spacial score (nSPS) is 10.3. The maximum atomic E-state index is 11.6. The van der Waals surface area contributed by atoms with Gasteiger partial charge in [0.25, 0.3) is 0 Å². The van der Waals surface area contributed by atoms with Crippen LogP contribution in [0.25, 0.3) is 16.9 Å². The fraction of sp³-hybridized carbons (Fsp3) is 0.111. The Morgan fingerprint density at radius 2 is 1.96 bits per heavy atom. The minimum absolute atomic E-state index is 0.0111. The Labute approximate surface area is 138 Å². The van der Waals surface area contributed by atoms with Crippen LogP contribution in [-0.2, 0) is 0 Å². The highest BCUT2D eigenvalue weighted by Gasteiger charge is 2.14. The van der Waals surface area contributed by atoms with Crippen LogP contribution < -0.4 is 0 Å². The Kier molecular flexibility index (Phi) is 4.08. The second-order valence-electron chi connectivity index (χ2n) is 5.16. The van der Waals surface area contributed by atoms with E-state index in [0.29, 0.717) is 28.9 Å². The molecular weight excluding hydrogens is 304 g/mol. The number of benzene rings is 1. The summed E-state index contributed by atoms with van der Waals surface area (Å²) in [4.78, 5) is 15.8. The predicted molar refractivity (Wildman–Crippen MR) is 87.8 cm³/mol. The first-order valence-corrected chi connectivity index (χ1v) is 7.41. The highest BCUT2D eigenvalue weighted by molar-refractivity contribution is 5.95. The van der Waals surface area contributed by atoms with Gasteiger partial charge in [0.2, 0.25) is 5.88 Å². The number of carbonyl (C=O) groups is 1. The van der Waals surface area contributed by atoms with E-state index in [0.717, 1.165) is 5.56 Å². The Bertz CT molecular complexity index is 919. The average Bonchev–Trinajstić information content (AvgIpc) is 3.02. The van der Waals surface area contributed by atoms with Crippen LogP contribution in [0.1, 0.15) is 29.3 Å². The molecule has 1 N–H and O–H groups in total. The zero-order chi connectivity index (χ0) is 17.1. The van der Waals surface area contributed by atoms with E-state index < -0.39 is 0 Å². The third-order valence-corrected chi connectivity index (χ3v) is 3.68.